The minimum Gasteiger partial charge on any atom is -0.481 e. The Balaban J connectivity index is 1.86. The van der Waals surface area contributed by atoms with Gasteiger partial charge >= 0.3 is 5.97 Å². The highest BCUT2D eigenvalue weighted by atomic mass is 16.4. The predicted molar refractivity (Wildman–Crippen MR) is 101 cm³/mol. The summed E-state index contributed by atoms with van der Waals surface area (Å²) in [7, 11) is 0. The van der Waals surface area contributed by atoms with Crippen molar-refractivity contribution >= 4 is 17.8 Å². The van der Waals surface area contributed by atoms with Crippen LogP contribution in [0.3, 0.4) is 0 Å². The quantitative estimate of drug-likeness (QED) is 0.861. The molecule has 27 heavy (non-hydrogen) atoms. The summed E-state index contributed by atoms with van der Waals surface area (Å²) in [5, 5.41) is 9.15. The Morgan fingerprint density at radius 2 is 1.85 bits per heavy atom. The summed E-state index contributed by atoms with van der Waals surface area (Å²) in [5.74, 6) is -0.782. The normalized spacial score (nSPS) is 22.0. The van der Waals surface area contributed by atoms with Gasteiger partial charge in [0.25, 0.3) is 0 Å². The third-order valence-corrected chi connectivity index (χ3v) is 5.51. The fraction of sp³-hybridized carbons (Fsp3) is 0.571. The Labute approximate surface area is 160 Å². The van der Waals surface area contributed by atoms with E-state index in [9.17, 15) is 14.4 Å². The van der Waals surface area contributed by atoms with Crippen molar-refractivity contribution in [2.24, 2.45) is 5.92 Å². The molecule has 2 aliphatic heterocycles. The molecule has 3 rings (SSSR count). The predicted octanol–water partition coefficient (Wildman–Crippen LogP) is 2.45. The molecule has 0 bridgehead atoms. The van der Waals surface area contributed by atoms with E-state index >= 15 is 0 Å². The molecule has 0 aliphatic carbocycles. The topological polar surface area (TPSA) is 77.9 Å². The second-order valence-electron chi connectivity index (χ2n) is 8.03. The van der Waals surface area contributed by atoms with Crippen LogP contribution in [0.2, 0.25) is 0 Å². The highest BCUT2D eigenvalue weighted by molar-refractivity contribution is 5.89. The number of benzene rings is 1. The fourth-order valence-electron chi connectivity index (χ4n) is 4.20. The number of aliphatic carboxylic acids is 1. The fourth-order valence-corrected chi connectivity index (χ4v) is 4.20. The molecule has 2 aliphatic rings. The average Bonchev–Trinajstić information content (AvgIpc) is 3.06. The molecule has 0 radical (unpaired) electrons. The first-order chi connectivity index (χ1) is 12.9. The summed E-state index contributed by atoms with van der Waals surface area (Å²) in [6.45, 7) is 5.00. The van der Waals surface area contributed by atoms with E-state index in [1.54, 1.807) is 9.80 Å². The van der Waals surface area contributed by atoms with Crippen molar-refractivity contribution in [1.82, 2.24) is 9.80 Å². The number of fused-ring (bicyclic) bond motifs is 1. The number of likely N-dealkylation sites (tertiary alicyclic amines) is 1. The Morgan fingerprint density at radius 1 is 1.15 bits per heavy atom. The number of nitrogens with zero attached hydrogens (tertiary/aromatic N) is 2. The van der Waals surface area contributed by atoms with Gasteiger partial charge in [0.15, 0.2) is 0 Å². The van der Waals surface area contributed by atoms with Gasteiger partial charge in [-0.15, -0.1) is 0 Å². The van der Waals surface area contributed by atoms with Crippen molar-refractivity contribution < 1.29 is 19.5 Å². The maximum Gasteiger partial charge on any atom is 0.305 e. The van der Waals surface area contributed by atoms with Gasteiger partial charge in [0, 0.05) is 32.0 Å². The van der Waals surface area contributed by atoms with E-state index in [4.69, 9.17) is 5.11 Å². The van der Waals surface area contributed by atoms with Crippen molar-refractivity contribution in [1.29, 1.82) is 0 Å². The summed E-state index contributed by atoms with van der Waals surface area (Å²) >= 11 is 0. The van der Waals surface area contributed by atoms with Crippen molar-refractivity contribution in [3.05, 3.63) is 35.4 Å². The van der Waals surface area contributed by atoms with Crippen LogP contribution in [0.4, 0.5) is 0 Å². The zero-order valence-corrected chi connectivity index (χ0v) is 16.1. The molecule has 6 heteroatoms. The first-order valence-corrected chi connectivity index (χ1v) is 9.75. The minimum absolute atomic E-state index is 0.00756. The van der Waals surface area contributed by atoms with Crippen LogP contribution in [-0.4, -0.2) is 51.3 Å². The lowest BCUT2D eigenvalue weighted by Crippen LogP contribution is -2.54. The summed E-state index contributed by atoms with van der Waals surface area (Å²) in [6.07, 6.45) is 2.39. The van der Waals surface area contributed by atoms with Gasteiger partial charge in [-0.3, -0.25) is 14.4 Å². The number of hydrogen-bond donors (Lipinski definition) is 1. The second kappa shape index (κ2) is 8.11. The van der Waals surface area contributed by atoms with Gasteiger partial charge in [0.1, 0.15) is 6.04 Å². The summed E-state index contributed by atoms with van der Waals surface area (Å²) in [4.78, 5) is 40.8. The van der Waals surface area contributed by atoms with Crippen LogP contribution in [-0.2, 0) is 27.3 Å². The van der Waals surface area contributed by atoms with E-state index in [-0.39, 0.29) is 30.2 Å². The Morgan fingerprint density at radius 3 is 2.52 bits per heavy atom. The lowest BCUT2D eigenvalue weighted by molar-refractivity contribution is -0.149. The van der Waals surface area contributed by atoms with Crippen LogP contribution in [0, 0.1) is 5.92 Å². The van der Waals surface area contributed by atoms with Crippen molar-refractivity contribution in [3.8, 4) is 0 Å². The van der Waals surface area contributed by atoms with Gasteiger partial charge in [-0.1, -0.05) is 38.1 Å². The molecule has 1 fully saturated rings. The van der Waals surface area contributed by atoms with Gasteiger partial charge < -0.3 is 14.9 Å². The summed E-state index contributed by atoms with van der Waals surface area (Å²) in [6, 6.07) is 7.12. The van der Waals surface area contributed by atoms with Crippen LogP contribution in [0.5, 0.6) is 0 Å². The Hall–Kier alpha value is -2.37. The first-order valence-electron chi connectivity index (χ1n) is 9.75. The van der Waals surface area contributed by atoms with Crippen LogP contribution in [0.15, 0.2) is 24.3 Å². The van der Waals surface area contributed by atoms with E-state index in [2.05, 4.69) is 0 Å². The number of carbonyl (C=O) groups is 3. The number of carboxylic acid groups (broad SMARTS) is 1. The monoisotopic (exact) mass is 372 g/mol. The highest BCUT2D eigenvalue weighted by Gasteiger charge is 2.40. The molecule has 0 aromatic heterocycles. The largest absolute Gasteiger partial charge is 0.481 e. The van der Waals surface area contributed by atoms with Gasteiger partial charge in [-0.25, -0.2) is 0 Å². The number of rotatable bonds is 5. The van der Waals surface area contributed by atoms with Gasteiger partial charge in [0.2, 0.25) is 11.8 Å². The number of carbonyl (C=O) groups excluding carboxylic acids is 2. The third kappa shape index (κ3) is 4.31. The van der Waals surface area contributed by atoms with Crippen molar-refractivity contribution in [2.75, 3.05) is 6.54 Å². The molecular weight excluding hydrogens is 344 g/mol. The van der Waals surface area contributed by atoms with E-state index < -0.39 is 12.0 Å². The van der Waals surface area contributed by atoms with Crippen molar-refractivity contribution in [2.45, 2.75) is 64.6 Å². The zero-order chi connectivity index (χ0) is 19.6. The van der Waals surface area contributed by atoms with Gasteiger partial charge in [-0.2, -0.15) is 0 Å². The molecule has 2 amide bonds. The number of amides is 2. The van der Waals surface area contributed by atoms with E-state index in [0.29, 0.717) is 32.4 Å². The third-order valence-electron chi connectivity index (χ3n) is 5.51. The summed E-state index contributed by atoms with van der Waals surface area (Å²) < 4.78 is 0. The highest BCUT2D eigenvalue weighted by Crippen LogP contribution is 2.29. The maximum atomic E-state index is 13.3. The number of carboxylic acids is 1. The van der Waals surface area contributed by atoms with E-state index in [0.717, 1.165) is 17.5 Å². The van der Waals surface area contributed by atoms with Gasteiger partial charge in [0.05, 0.1) is 6.42 Å². The number of hydrogen-bond acceptors (Lipinski definition) is 3. The molecular formula is C21H28N2O4. The molecule has 0 saturated carbocycles. The first kappa shape index (κ1) is 19.4. The van der Waals surface area contributed by atoms with Gasteiger partial charge in [-0.05, 0) is 29.9 Å². The summed E-state index contributed by atoms with van der Waals surface area (Å²) in [5.41, 5.74) is 2.18. The van der Waals surface area contributed by atoms with Crippen LogP contribution in [0.1, 0.15) is 50.7 Å². The molecule has 1 saturated heterocycles. The molecule has 6 nitrogen and oxygen atoms in total. The Bertz CT molecular complexity index is 731. The Kier molecular flexibility index (Phi) is 5.82. The molecule has 2 atom stereocenters. The molecule has 146 valence electrons. The molecule has 1 N–H and O–H groups in total. The lowest BCUT2D eigenvalue weighted by Gasteiger charge is -2.39. The SMILES string of the molecule is CC(C)CC(=O)N1Cc2ccccc2CC1C(=O)N1CCCC1CC(=O)O. The zero-order valence-electron chi connectivity index (χ0n) is 16.1. The standard InChI is InChI=1S/C21H28N2O4/c1-14(2)10-19(24)23-13-16-7-4-3-6-15(16)11-18(23)21(27)22-9-5-8-17(22)12-20(25)26/h3-4,6-7,14,17-18H,5,8-13H2,1-2H3,(H,25,26). The lowest BCUT2D eigenvalue weighted by atomic mass is 9.92. The second-order valence-corrected chi connectivity index (χ2v) is 8.03. The maximum absolute atomic E-state index is 13.3. The van der Waals surface area contributed by atoms with Crippen LogP contribution in [0.25, 0.3) is 0 Å². The molecule has 2 heterocycles. The molecule has 2 unspecified atom stereocenters. The molecule has 1 aromatic rings. The van der Waals surface area contributed by atoms with Crippen molar-refractivity contribution in [3.63, 3.8) is 0 Å². The van der Waals surface area contributed by atoms with E-state index in [1.807, 2.05) is 38.1 Å². The van der Waals surface area contributed by atoms with Crippen LogP contribution >= 0.6 is 0 Å². The van der Waals surface area contributed by atoms with Crippen LogP contribution < -0.4 is 0 Å². The molecule has 0 spiro atoms. The van der Waals surface area contributed by atoms with E-state index in [1.165, 1.54) is 0 Å². The minimum atomic E-state index is -0.888. The average molecular weight is 372 g/mol. The molecule has 1 aromatic carbocycles. The smallest absolute Gasteiger partial charge is 0.305 e.